The lowest BCUT2D eigenvalue weighted by molar-refractivity contribution is -0.137. The van der Waals surface area contributed by atoms with Crippen LogP contribution in [0.5, 0.6) is 11.5 Å². The van der Waals surface area contributed by atoms with Gasteiger partial charge in [-0.05, 0) is 31.5 Å². The average Bonchev–Trinajstić information content (AvgIpc) is 3.25. The maximum absolute atomic E-state index is 12.3. The van der Waals surface area contributed by atoms with Crippen molar-refractivity contribution in [3.8, 4) is 34.0 Å². The van der Waals surface area contributed by atoms with Crippen molar-refractivity contribution >= 4 is 17.7 Å². The number of nitrogens with zero attached hydrogens (tertiary/aromatic N) is 6. The number of aliphatic carboxylic acids is 1. The molecule has 38 heavy (non-hydrogen) atoms. The lowest BCUT2D eigenvalue weighted by atomic mass is 10.0. The van der Waals surface area contributed by atoms with Crippen LogP contribution < -0.4 is 19.7 Å². The molecule has 0 spiro atoms. The number of benzene rings is 1. The molecule has 0 aliphatic carbocycles. The fourth-order valence-electron chi connectivity index (χ4n) is 4.01. The van der Waals surface area contributed by atoms with Gasteiger partial charge in [0.05, 0.1) is 25.5 Å². The van der Waals surface area contributed by atoms with Gasteiger partial charge in [0.1, 0.15) is 34.7 Å². The van der Waals surface area contributed by atoms with E-state index >= 15 is 0 Å². The molecule has 0 radical (unpaired) electrons. The fourth-order valence-corrected chi connectivity index (χ4v) is 4.01. The molecular weight excluding hydrogens is 490 g/mol. The van der Waals surface area contributed by atoms with Gasteiger partial charge in [0.15, 0.2) is 5.82 Å². The van der Waals surface area contributed by atoms with Gasteiger partial charge in [-0.1, -0.05) is 11.2 Å². The van der Waals surface area contributed by atoms with E-state index in [1.165, 1.54) is 0 Å². The van der Waals surface area contributed by atoms with Crippen molar-refractivity contribution in [2.75, 3.05) is 38.5 Å². The molecule has 0 aliphatic heterocycles. The summed E-state index contributed by atoms with van der Waals surface area (Å²) in [6.45, 7) is 3.59. The van der Waals surface area contributed by atoms with E-state index in [0.29, 0.717) is 62.8 Å². The summed E-state index contributed by atoms with van der Waals surface area (Å²) in [6.07, 6.45) is 4.91. The van der Waals surface area contributed by atoms with E-state index in [0.717, 1.165) is 0 Å². The third kappa shape index (κ3) is 5.33. The summed E-state index contributed by atoms with van der Waals surface area (Å²) in [5.74, 6) is 1.82. The van der Waals surface area contributed by atoms with Crippen LogP contribution in [0.25, 0.3) is 22.5 Å². The van der Waals surface area contributed by atoms with Crippen molar-refractivity contribution in [3.63, 3.8) is 0 Å². The molecule has 198 valence electrons. The van der Waals surface area contributed by atoms with Gasteiger partial charge in [0.25, 0.3) is 0 Å². The summed E-state index contributed by atoms with van der Waals surface area (Å²) in [6, 6.07) is 4.36. The number of methoxy groups -OCH3 is 2. The maximum Gasteiger partial charge on any atom is 0.326 e. The number of carboxylic acid groups (broad SMARTS) is 1. The van der Waals surface area contributed by atoms with Gasteiger partial charge in [-0.2, -0.15) is 4.98 Å². The molecule has 0 bridgehead atoms. The highest BCUT2D eigenvalue weighted by atomic mass is 16.5. The van der Waals surface area contributed by atoms with Crippen molar-refractivity contribution < 1.29 is 23.9 Å². The summed E-state index contributed by atoms with van der Waals surface area (Å²) in [5, 5.41) is 17.1. The normalized spacial score (nSPS) is 11.6. The predicted octanol–water partition coefficient (Wildman–Crippen LogP) is 3.40. The molecule has 3 heterocycles. The minimum atomic E-state index is -1.06. The van der Waals surface area contributed by atoms with Gasteiger partial charge >= 0.3 is 5.97 Å². The Morgan fingerprint density at radius 3 is 2.24 bits per heavy atom. The molecule has 4 rings (SSSR count). The maximum atomic E-state index is 12.3. The third-order valence-electron chi connectivity index (χ3n) is 5.88. The lowest BCUT2D eigenvalue weighted by Crippen LogP contribution is -2.32. The smallest absolute Gasteiger partial charge is 0.326 e. The Labute approximate surface area is 219 Å². The van der Waals surface area contributed by atoms with Gasteiger partial charge in [0.2, 0.25) is 5.95 Å². The highest BCUT2D eigenvalue weighted by Crippen LogP contribution is 2.36. The monoisotopic (exact) mass is 519 g/mol. The van der Waals surface area contributed by atoms with E-state index < -0.39 is 12.0 Å². The van der Waals surface area contributed by atoms with Crippen LogP contribution in [-0.4, -0.2) is 70.5 Å². The standard InChI is InChI=1S/C26H29N7O5/c1-14-21(15(2)38-32-14)17-13-29-26(33(3)4)31-23(17)30-18(25(34)35)10-16-11-27-24(28-12-16)22-19(36-5)8-7-9-20(22)37-6/h7-9,11-13,18H,10H2,1-6H3,(H,34,35)(H,29,30,31). The number of aryl methyl sites for hydroxylation is 2. The van der Waals surface area contributed by atoms with Crippen molar-refractivity contribution in [1.82, 2.24) is 25.1 Å². The number of hydrogen-bond donors (Lipinski definition) is 2. The predicted molar refractivity (Wildman–Crippen MR) is 141 cm³/mol. The summed E-state index contributed by atoms with van der Waals surface area (Å²) in [4.78, 5) is 31.9. The molecule has 12 heteroatoms. The quantitative estimate of drug-likeness (QED) is 0.316. The van der Waals surface area contributed by atoms with E-state index in [9.17, 15) is 9.90 Å². The first-order chi connectivity index (χ1) is 18.2. The molecule has 12 nitrogen and oxygen atoms in total. The van der Waals surface area contributed by atoms with Gasteiger partial charge in [-0.25, -0.2) is 19.7 Å². The first kappa shape index (κ1) is 26.3. The molecule has 0 saturated heterocycles. The minimum absolute atomic E-state index is 0.0982. The second kappa shape index (κ2) is 11.1. The van der Waals surface area contributed by atoms with Crippen LogP contribution in [0, 0.1) is 13.8 Å². The Balaban J connectivity index is 1.65. The van der Waals surface area contributed by atoms with Crippen LogP contribution in [0.2, 0.25) is 0 Å². The molecule has 2 N–H and O–H groups in total. The van der Waals surface area contributed by atoms with Crippen LogP contribution in [0.3, 0.4) is 0 Å². The van der Waals surface area contributed by atoms with Crippen molar-refractivity contribution in [3.05, 3.63) is 53.8 Å². The Morgan fingerprint density at radius 1 is 1.05 bits per heavy atom. The second-order valence-corrected chi connectivity index (χ2v) is 8.72. The Hall–Kier alpha value is -4.74. The molecule has 4 aromatic rings. The van der Waals surface area contributed by atoms with Crippen molar-refractivity contribution in [1.29, 1.82) is 0 Å². The molecule has 3 aromatic heterocycles. The molecule has 1 aromatic carbocycles. The zero-order chi connectivity index (χ0) is 27.4. The van der Waals surface area contributed by atoms with E-state index in [4.69, 9.17) is 14.0 Å². The number of hydrogen-bond acceptors (Lipinski definition) is 11. The van der Waals surface area contributed by atoms with Crippen LogP contribution in [0.1, 0.15) is 17.0 Å². The number of rotatable bonds is 10. The molecule has 0 saturated carbocycles. The summed E-state index contributed by atoms with van der Waals surface area (Å²) >= 11 is 0. The van der Waals surface area contributed by atoms with Gasteiger partial charge in [0, 0.05) is 44.7 Å². The zero-order valence-corrected chi connectivity index (χ0v) is 22.0. The number of carbonyl (C=O) groups is 1. The van der Waals surface area contributed by atoms with Gasteiger partial charge < -0.3 is 29.3 Å². The van der Waals surface area contributed by atoms with Gasteiger partial charge in [-0.15, -0.1) is 0 Å². The van der Waals surface area contributed by atoms with Crippen LogP contribution in [0.15, 0.2) is 41.3 Å². The topological polar surface area (TPSA) is 149 Å². The third-order valence-corrected chi connectivity index (χ3v) is 5.88. The first-order valence-corrected chi connectivity index (χ1v) is 11.7. The highest BCUT2D eigenvalue weighted by molar-refractivity contribution is 5.83. The zero-order valence-electron chi connectivity index (χ0n) is 22.0. The SMILES string of the molecule is COc1cccc(OC)c1-c1ncc(CC(Nc2nc(N(C)C)ncc2-c2c(C)noc2C)C(=O)O)cn1. The molecule has 1 atom stereocenters. The van der Waals surface area contributed by atoms with E-state index in [2.05, 4.69) is 30.4 Å². The largest absolute Gasteiger partial charge is 0.496 e. The highest BCUT2D eigenvalue weighted by Gasteiger charge is 2.24. The Morgan fingerprint density at radius 2 is 1.71 bits per heavy atom. The summed E-state index contributed by atoms with van der Waals surface area (Å²) in [7, 11) is 6.72. The average molecular weight is 520 g/mol. The van der Waals surface area contributed by atoms with E-state index in [-0.39, 0.29) is 6.42 Å². The second-order valence-electron chi connectivity index (χ2n) is 8.72. The van der Waals surface area contributed by atoms with E-state index in [1.54, 1.807) is 77.8 Å². The molecule has 0 aliphatic rings. The molecular formula is C26H29N7O5. The molecule has 0 amide bonds. The number of aromatic nitrogens is 5. The molecule has 0 fully saturated rings. The first-order valence-electron chi connectivity index (χ1n) is 11.7. The number of ether oxygens (including phenoxy) is 2. The van der Waals surface area contributed by atoms with Crippen LogP contribution in [0.4, 0.5) is 11.8 Å². The minimum Gasteiger partial charge on any atom is -0.496 e. The molecule has 1 unspecified atom stereocenters. The Bertz CT molecular complexity index is 1390. The number of carboxylic acids is 1. The lowest BCUT2D eigenvalue weighted by Gasteiger charge is -2.19. The number of nitrogens with one attached hydrogen (secondary N) is 1. The van der Waals surface area contributed by atoms with Crippen molar-refractivity contribution in [2.24, 2.45) is 0 Å². The van der Waals surface area contributed by atoms with E-state index in [1.807, 2.05) is 6.07 Å². The van der Waals surface area contributed by atoms with Crippen LogP contribution >= 0.6 is 0 Å². The fraction of sp³-hybridized carbons (Fsp3) is 0.308. The van der Waals surface area contributed by atoms with Crippen LogP contribution in [-0.2, 0) is 11.2 Å². The van der Waals surface area contributed by atoms with Crippen molar-refractivity contribution in [2.45, 2.75) is 26.3 Å². The van der Waals surface area contributed by atoms with Gasteiger partial charge in [-0.3, -0.25) is 0 Å². The number of anilines is 2. The summed E-state index contributed by atoms with van der Waals surface area (Å²) in [5.41, 5.74) is 3.17. The summed E-state index contributed by atoms with van der Waals surface area (Å²) < 4.78 is 16.2. The Kier molecular flexibility index (Phi) is 7.70.